The van der Waals surface area contributed by atoms with Crippen molar-refractivity contribution in [1.82, 2.24) is 0 Å². The van der Waals surface area contributed by atoms with Crippen molar-refractivity contribution >= 4 is 0 Å². The van der Waals surface area contributed by atoms with Crippen molar-refractivity contribution < 1.29 is 13.9 Å². The Kier molecular flexibility index (Phi) is 3.48. The average molecular weight is 253 g/mol. The van der Waals surface area contributed by atoms with Crippen molar-refractivity contribution in [2.45, 2.75) is 38.9 Å². The fraction of sp³-hybridized carbons (Fsp3) is 0.571. The first-order valence-electron chi connectivity index (χ1n) is 6.22. The third-order valence-electron chi connectivity index (χ3n) is 2.85. The van der Waals surface area contributed by atoms with Crippen LogP contribution >= 0.6 is 0 Å². The van der Waals surface area contributed by atoms with Gasteiger partial charge in [0.05, 0.1) is 0 Å². The van der Waals surface area contributed by atoms with Crippen LogP contribution in [0.15, 0.2) is 12.1 Å². The highest BCUT2D eigenvalue weighted by molar-refractivity contribution is 5.51. The molecule has 1 aliphatic heterocycles. The monoisotopic (exact) mass is 253 g/mol. The summed E-state index contributed by atoms with van der Waals surface area (Å²) < 4.78 is 24.7. The number of halogens is 1. The van der Waals surface area contributed by atoms with Crippen LogP contribution in [-0.4, -0.2) is 18.8 Å². The summed E-state index contributed by atoms with van der Waals surface area (Å²) in [5, 5.41) is 0. The Hall–Kier alpha value is -1.29. The summed E-state index contributed by atoms with van der Waals surface area (Å²) in [7, 11) is 0. The molecule has 100 valence electrons. The number of hydrogen-bond acceptors (Lipinski definition) is 3. The first-order valence-corrected chi connectivity index (χ1v) is 6.22. The van der Waals surface area contributed by atoms with Gasteiger partial charge in [0.25, 0.3) is 0 Å². The Bertz CT molecular complexity index is 438. The standard InChI is InChI=1S/C14H20FNO2/c1-9(15)10-6-11(8-14(2,3)16)13-12(7-10)17-4-5-18-13/h6-7,9H,4-5,8,16H2,1-3H3. The fourth-order valence-electron chi connectivity index (χ4n) is 2.10. The van der Waals surface area contributed by atoms with Gasteiger partial charge in [0.2, 0.25) is 0 Å². The van der Waals surface area contributed by atoms with E-state index in [2.05, 4.69) is 0 Å². The van der Waals surface area contributed by atoms with E-state index in [4.69, 9.17) is 15.2 Å². The van der Waals surface area contributed by atoms with Gasteiger partial charge in [0, 0.05) is 11.1 Å². The molecule has 0 aliphatic carbocycles. The quantitative estimate of drug-likeness (QED) is 0.900. The Morgan fingerprint density at radius 1 is 1.33 bits per heavy atom. The topological polar surface area (TPSA) is 44.5 Å². The number of ether oxygens (including phenoxy) is 2. The summed E-state index contributed by atoms with van der Waals surface area (Å²) >= 11 is 0. The summed E-state index contributed by atoms with van der Waals surface area (Å²) in [6, 6.07) is 3.54. The molecular weight excluding hydrogens is 233 g/mol. The van der Waals surface area contributed by atoms with Crippen LogP contribution in [0.4, 0.5) is 4.39 Å². The van der Waals surface area contributed by atoms with Crippen LogP contribution in [0.1, 0.15) is 38.1 Å². The molecule has 1 heterocycles. The second kappa shape index (κ2) is 4.76. The molecule has 18 heavy (non-hydrogen) atoms. The summed E-state index contributed by atoms with van der Waals surface area (Å²) in [5.41, 5.74) is 7.19. The highest BCUT2D eigenvalue weighted by Crippen LogP contribution is 2.38. The van der Waals surface area contributed by atoms with Gasteiger partial charge in [0.15, 0.2) is 11.5 Å². The van der Waals surface area contributed by atoms with E-state index in [1.54, 1.807) is 6.07 Å². The van der Waals surface area contributed by atoms with Gasteiger partial charge >= 0.3 is 0 Å². The minimum Gasteiger partial charge on any atom is -0.486 e. The number of fused-ring (bicyclic) bond motifs is 1. The predicted molar refractivity (Wildman–Crippen MR) is 68.9 cm³/mol. The molecule has 0 saturated heterocycles. The molecule has 0 amide bonds. The zero-order valence-corrected chi connectivity index (χ0v) is 11.1. The molecule has 0 bridgehead atoms. The summed E-state index contributed by atoms with van der Waals surface area (Å²) in [6.45, 7) is 6.42. The van der Waals surface area contributed by atoms with E-state index in [1.165, 1.54) is 6.92 Å². The van der Waals surface area contributed by atoms with E-state index in [0.29, 0.717) is 36.7 Å². The van der Waals surface area contributed by atoms with Crippen molar-refractivity contribution in [2.75, 3.05) is 13.2 Å². The summed E-state index contributed by atoms with van der Waals surface area (Å²) in [6.07, 6.45) is -0.403. The van der Waals surface area contributed by atoms with E-state index < -0.39 is 6.17 Å². The van der Waals surface area contributed by atoms with Crippen LogP contribution in [-0.2, 0) is 6.42 Å². The lowest BCUT2D eigenvalue weighted by atomic mass is 9.93. The molecule has 0 fully saturated rings. The summed E-state index contributed by atoms with van der Waals surface area (Å²) in [5.74, 6) is 1.34. The summed E-state index contributed by atoms with van der Waals surface area (Å²) in [4.78, 5) is 0. The van der Waals surface area contributed by atoms with E-state index in [0.717, 1.165) is 5.56 Å². The normalized spacial score (nSPS) is 16.5. The molecule has 4 heteroatoms. The van der Waals surface area contributed by atoms with Crippen molar-refractivity contribution in [3.8, 4) is 11.5 Å². The Morgan fingerprint density at radius 3 is 2.61 bits per heavy atom. The molecule has 0 spiro atoms. The lowest BCUT2D eigenvalue weighted by Crippen LogP contribution is -2.35. The van der Waals surface area contributed by atoms with Crippen LogP contribution in [0.5, 0.6) is 11.5 Å². The van der Waals surface area contributed by atoms with Crippen molar-refractivity contribution in [1.29, 1.82) is 0 Å². The molecule has 0 aromatic heterocycles. The minimum atomic E-state index is -1.03. The molecule has 1 aliphatic rings. The first kappa shape index (κ1) is 13.1. The van der Waals surface area contributed by atoms with Gasteiger partial charge in [-0.15, -0.1) is 0 Å². The Labute approximate surface area is 107 Å². The number of hydrogen-bond donors (Lipinski definition) is 1. The van der Waals surface area contributed by atoms with Crippen molar-refractivity contribution in [2.24, 2.45) is 5.73 Å². The second-order valence-corrected chi connectivity index (χ2v) is 5.49. The molecule has 3 nitrogen and oxygen atoms in total. The first-order chi connectivity index (χ1) is 8.37. The SMILES string of the molecule is CC(F)c1cc(CC(C)(C)N)c2c(c1)OCCO2. The van der Waals surface area contributed by atoms with Crippen molar-refractivity contribution in [3.63, 3.8) is 0 Å². The molecule has 1 aromatic rings. The number of nitrogens with two attached hydrogens (primary N) is 1. The van der Waals surface area contributed by atoms with E-state index in [1.807, 2.05) is 19.9 Å². The maximum atomic E-state index is 13.5. The second-order valence-electron chi connectivity index (χ2n) is 5.49. The lowest BCUT2D eigenvalue weighted by Gasteiger charge is -2.26. The van der Waals surface area contributed by atoms with E-state index in [-0.39, 0.29) is 5.54 Å². The van der Waals surface area contributed by atoms with Crippen LogP contribution in [0, 0.1) is 0 Å². The van der Waals surface area contributed by atoms with Crippen LogP contribution in [0.2, 0.25) is 0 Å². The van der Waals surface area contributed by atoms with E-state index in [9.17, 15) is 4.39 Å². The fourth-order valence-corrected chi connectivity index (χ4v) is 2.10. The van der Waals surface area contributed by atoms with Gasteiger partial charge in [-0.3, -0.25) is 0 Å². The highest BCUT2D eigenvalue weighted by atomic mass is 19.1. The molecule has 1 atom stereocenters. The molecule has 2 rings (SSSR count). The molecule has 2 N–H and O–H groups in total. The molecule has 1 unspecified atom stereocenters. The molecule has 1 aromatic carbocycles. The maximum Gasteiger partial charge on any atom is 0.164 e. The number of alkyl halides is 1. The van der Waals surface area contributed by atoms with E-state index >= 15 is 0 Å². The van der Waals surface area contributed by atoms with Crippen LogP contribution < -0.4 is 15.2 Å². The van der Waals surface area contributed by atoms with Crippen LogP contribution in [0.3, 0.4) is 0 Å². The number of benzene rings is 1. The van der Waals surface area contributed by atoms with Gasteiger partial charge in [-0.2, -0.15) is 0 Å². The average Bonchev–Trinajstić information content (AvgIpc) is 2.26. The van der Waals surface area contributed by atoms with Crippen molar-refractivity contribution in [3.05, 3.63) is 23.3 Å². The smallest absolute Gasteiger partial charge is 0.164 e. The predicted octanol–water partition coefficient (Wildman–Crippen LogP) is 2.77. The maximum absolute atomic E-state index is 13.5. The van der Waals surface area contributed by atoms with Gasteiger partial charge in [0.1, 0.15) is 19.4 Å². The van der Waals surface area contributed by atoms with Gasteiger partial charge in [-0.05, 0) is 44.9 Å². The highest BCUT2D eigenvalue weighted by Gasteiger charge is 2.23. The molecular formula is C14H20FNO2. The Morgan fingerprint density at radius 2 is 2.00 bits per heavy atom. The molecule has 0 saturated carbocycles. The minimum absolute atomic E-state index is 0.368. The van der Waals surface area contributed by atoms with Gasteiger partial charge in [-0.1, -0.05) is 0 Å². The molecule has 0 radical (unpaired) electrons. The van der Waals surface area contributed by atoms with Gasteiger partial charge in [-0.25, -0.2) is 4.39 Å². The Balaban J connectivity index is 2.44. The zero-order chi connectivity index (χ0) is 13.3. The number of rotatable bonds is 3. The zero-order valence-electron chi connectivity index (χ0n) is 11.1. The lowest BCUT2D eigenvalue weighted by molar-refractivity contribution is 0.168. The third-order valence-corrected chi connectivity index (χ3v) is 2.85. The van der Waals surface area contributed by atoms with Crippen LogP contribution in [0.25, 0.3) is 0 Å². The largest absolute Gasteiger partial charge is 0.486 e. The third kappa shape index (κ3) is 2.93. The van der Waals surface area contributed by atoms with Gasteiger partial charge < -0.3 is 15.2 Å².